The number of hydrogen-bond acceptors (Lipinski definition) is 3. The van der Waals surface area contributed by atoms with E-state index >= 15 is 0 Å². The van der Waals surface area contributed by atoms with Crippen molar-refractivity contribution in [2.45, 2.75) is 18.9 Å². The standard InChI is InChI=1S/C12H16BrNO2.ClH/c1-15-10-6-9(13)11(16-2)5-8(10)12(14)7-3-4-7;/h5-7,12H,3-4,14H2,1-2H3;1H/t12-;/m1./s1. The molecule has 0 amide bonds. The van der Waals surface area contributed by atoms with E-state index in [1.807, 2.05) is 12.1 Å². The lowest BCUT2D eigenvalue weighted by atomic mass is 10.0. The Morgan fingerprint density at radius 3 is 2.29 bits per heavy atom. The number of ether oxygens (including phenoxy) is 2. The molecule has 0 heterocycles. The van der Waals surface area contributed by atoms with Gasteiger partial charge in [0.2, 0.25) is 0 Å². The zero-order chi connectivity index (χ0) is 11.7. The van der Waals surface area contributed by atoms with E-state index in [-0.39, 0.29) is 18.4 Å². The third kappa shape index (κ3) is 3.06. The van der Waals surface area contributed by atoms with Gasteiger partial charge < -0.3 is 15.2 Å². The summed E-state index contributed by atoms with van der Waals surface area (Å²) in [5.74, 6) is 2.22. The summed E-state index contributed by atoms with van der Waals surface area (Å²) in [7, 11) is 3.32. The van der Waals surface area contributed by atoms with Crippen molar-refractivity contribution in [2.75, 3.05) is 14.2 Å². The lowest BCUT2D eigenvalue weighted by Gasteiger charge is -2.17. The maximum absolute atomic E-state index is 6.20. The van der Waals surface area contributed by atoms with Gasteiger partial charge in [-0.05, 0) is 46.8 Å². The van der Waals surface area contributed by atoms with Gasteiger partial charge in [0.25, 0.3) is 0 Å². The molecular weight excluding hydrogens is 305 g/mol. The SMILES string of the molecule is COc1cc([C@H](N)C2CC2)c(OC)cc1Br.Cl. The van der Waals surface area contributed by atoms with Crippen molar-refractivity contribution in [2.24, 2.45) is 11.7 Å². The van der Waals surface area contributed by atoms with Crippen LogP contribution in [0.15, 0.2) is 16.6 Å². The molecule has 1 aromatic rings. The molecule has 1 aromatic carbocycles. The van der Waals surface area contributed by atoms with Crippen LogP contribution in [-0.4, -0.2) is 14.2 Å². The van der Waals surface area contributed by atoms with Gasteiger partial charge in [-0.15, -0.1) is 12.4 Å². The van der Waals surface area contributed by atoms with Crippen LogP contribution in [0.2, 0.25) is 0 Å². The summed E-state index contributed by atoms with van der Waals surface area (Å²) >= 11 is 3.44. The molecule has 0 unspecified atom stereocenters. The van der Waals surface area contributed by atoms with E-state index in [9.17, 15) is 0 Å². The highest BCUT2D eigenvalue weighted by Crippen LogP contribution is 2.44. The molecule has 0 aromatic heterocycles. The molecule has 1 aliphatic rings. The molecule has 0 aliphatic heterocycles. The predicted molar refractivity (Wildman–Crippen MR) is 74.1 cm³/mol. The van der Waals surface area contributed by atoms with Gasteiger partial charge >= 0.3 is 0 Å². The zero-order valence-electron chi connectivity index (χ0n) is 9.90. The molecule has 96 valence electrons. The van der Waals surface area contributed by atoms with E-state index in [0.717, 1.165) is 21.5 Å². The number of benzene rings is 1. The second kappa shape index (κ2) is 5.94. The number of nitrogens with two attached hydrogens (primary N) is 1. The van der Waals surface area contributed by atoms with Gasteiger partial charge in [0.15, 0.2) is 0 Å². The first-order valence-electron chi connectivity index (χ1n) is 5.34. The summed E-state index contributed by atoms with van der Waals surface area (Å²) in [6.45, 7) is 0. The summed E-state index contributed by atoms with van der Waals surface area (Å²) in [5, 5.41) is 0. The molecule has 1 fully saturated rings. The fourth-order valence-corrected chi connectivity index (χ4v) is 2.34. The summed E-state index contributed by atoms with van der Waals surface area (Å²) in [5.41, 5.74) is 7.23. The summed E-state index contributed by atoms with van der Waals surface area (Å²) in [6, 6.07) is 3.93. The molecule has 0 spiro atoms. The van der Waals surface area contributed by atoms with Gasteiger partial charge in [-0.1, -0.05) is 0 Å². The molecule has 5 heteroatoms. The van der Waals surface area contributed by atoms with Crippen molar-refractivity contribution >= 4 is 28.3 Å². The first-order valence-corrected chi connectivity index (χ1v) is 6.13. The second-order valence-electron chi connectivity index (χ2n) is 4.09. The molecule has 1 atom stereocenters. The Kier molecular flexibility index (Phi) is 5.10. The molecule has 2 rings (SSSR count). The van der Waals surface area contributed by atoms with Crippen LogP contribution in [0.3, 0.4) is 0 Å². The Labute approximate surface area is 116 Å². The molecule has 1 aliphatic carbocycles. The fraction of sp³-hybridized carbons (Fsp3) is 0.500. The van der Waals surface area contributed by atoms with E-state index < -0.39 is 0 Å². The molecule has 17 heavy (non-hydrogen) atoms. The summed E-state index contributed by atoms with van der Waals surface area (Å²) in [6.07, 6.45) is 2.42. The van der Waals surface area contributed by atoms with Crippen LogP contribution in [0.25, 0.3) is 0 Å². The van der Waals surface area contributed by atoms with Gasteiger partial charge in [0.05, 0.1) is 18.7 Å². The number of hydrogen-bond donors (Lipinski definition) is 1. The molecule has 0 bridgehead atoms. The van der Waals surface area contributed by atoms with Crippen LogP contribution in [0.5, 0.6) is 11.5 Å². The molecule has 1 saturated carbocycles. The van der Waals surface area contributed by atoms with Crippen molar-refractivity contribution in [3.05, 3.63) is 22.2 Å². The normalized spacial score (nSPS) is 16.0. The van der Waals surface area contributed by atoms with Crippen LogP contribution >= 0.6 is 28.3 Å². The Morgan fingerprint density at radius 1 is 1.24 bits per heavy atom. The maximum Gasteiger partial charge on any atom is 0.133 e. The largest absolute Gasteiger partial charge is 0.496 e. The zero-order valence-corrected chi connectivity index (χ0v) is 12.3. The molecule has 2 N–H and O–H groups in total. The smallest absolute Gasteiger partial charge is 0.133 e. The van der Waals surface area contributed by atoms with E-state index in [0.29, 0.717) is 5.92 Å². The average molecular weight is 323 g/mol. The van der Waals surface area contributed by atoms with Gasteiger partial charge in [0, 0.05) is 11.6 Å². The number of halogens is 2. The van der Waals surface area contributed by atoms with Crippen LogP contribution in [0, 0.1) is 5.92 Å². The van der Waals surface area contributed by atoms with E-state index in [1.165, 1.54) is 12.8 Å². The molecular formula is C12H17BrClNO2. The minimum absolute atomic E-state index is 0. The highest BCUT2D eigenvalue weighted by Gasteiger charge is 2.31. The number of rotatable bonds is 4. The Morgan fingerprint density at radius 2 is 1.82 bits per heavy atom. The first kappa shape index (κ1) is 14.6. The Hall–Kier alpha value is -0.450. The van der Waals surface area contributed by atoms with Crippen molar-refractivity contribution in [3.63, 3.8) is 0 Å². The molecule has 3 nitrogen and oxygen atoms in total. The van der Waals surface area contributed by atoms with E-state index in [1.54, 1.807) is 14.2 Å². The third-order valence-corrected chi connectivity index (χ3v) is 3.61. The topological polar surface area (TPSA) is 44.5 Å². The fourth-order valence-electron chi connectivity index (χ4n) is 1.85. The lowest BCUT2D eigenvalue weighted by Crippen LogP contribution is -2.13. The van der Waals surface area contributed by atoms with Crippen molar-refractivity contribution in [1.29, 1.82) is 0 Å². The Balaban J connectivity index is 0.00000144. The van der Waals surface area contributed by atoms with Crippen LogP contribution in [0.4, 0.5) is 0 Å². The van der Waals surface area contributed by atoms with E-state index in [2.05, 4.69) is 15.9 Å². The highest BCUT2D eigenvalue weighted by molar-refractivity contribution is 9.10. The first-order chi connectivity index (χ1) is 7.67. The van der Waals surface area contributed by atoms with Gasteiger partial charge in [-0.2, -0.15) is 0 Å². The second-order valence-corrected chi connectivity index (χ2v) is 4.95. The van der Waals surface area contributed by atoms with Crippen LogP contribution in [0.1, 0.15) is 24.4 Å². The number of methoxy groups -OCH3 is 2. The molecule has 0 radical (unpaired) electrons. The van der Waals surface area contributed by atoms with Gasteiger partial charge in [0.1, 0.15) is 11.5 Å². The molecule has 0 saturated heterocycles. The van der Waals surface area contributed by atoms with Gasteiger partial charge in [-0.25, -0.2) is 0 Å². The predicted octanol–water partition coefficient (Wildman–Crippen LogP) is 3.30. The average Bonchev–Trinajstić information content (AvgIpc) is 3.11. The third-order valence-electron chi connectivity index (χ3n) is 2.99. The van der Waals surface area contributed by atoms with Crippen LogP contribution < -0.4 is 15.2 Å². The van der Waals surface area contributed by atoms with Crippen molar-refractivity contribution in [3.8, 4) is 11.5 Å². The van der Waals surface area contributed by atoms with Crippen molar-refractivity contribution in [1.82, 2.24) is 0 Å². The Bertz CT molecular complexity index is 396. The van der Waals surface area contributed by atoms with Crippen LogP contribution in [-0.2, 0) is 0 Å². The summed E-state index contributed by atoms with van der Waals surface area (Å²) < 4.78 is 11.5. The van der Waals surface area contributed by atoms with Gasteiger partial charge in [-0.3, -0.25) is 0 Å². The maximum atomic E-state index is 6.20. The monoisotopic (exact) mass is 321 g/mol. The van der Waals surface area contributed by atoms with Crippen molar-refractivity contribution < 1.29 is 9.47 Å². The minimum atomic E-state index is 0. The lowest BCUT2D eigenvalue weighted by molar-refractivity contribution is 0.391. The quantitative estimate of drug-likeness (QED) is 0.925. The highest BCUT2D eigenvalue weighted by atomic mass is 79.9. The minimum Gasteiger partial charge on any atom is -0.496 e. The summed E-state index contributed by atoms with van der Waals surface area (Å²) in [4.78, 5) is 0. The van der Waals surface area contributed by atoms with E-state index in [4.69, 9.17) is 15.2 Å².